The lowest BCUT2D eigenvalue weighted by molar-refractivity contribution is 1.06. The summed E-state index contributed by atoms with van der Waals surface area (Å²) in [6, 6.07) is 117. The molecule has 4 aliphatic rings. The number of hydrogen-bond donors (Lipinski definition) is 0. The quantitative estimate of drug-likeness (QED) is 0.113. The Balaban J connectivity index is 1.02. The van der Waals surface area contributed by atoms with Gasteiger partial charge < -0.3 is 29.4 Å². The molecule has 13 aromatic rings. The lowest BCUT2D eigenvalue weighted by atomic mass is 9.30. The zero-order valence-electron chi connectivity index (χ0n) is 50.3. The summed E-state index contributed by atoms with van der Waals surface area (Å²) in [6.45, 7) is 4.33. The molecule has 0 unspecified atom stereocenters. The van der Waals surface area contributed by atoms with Gasteiger partial charge in [0.25, 0.3) is 13.4 Å². The van der Waals surface area contributed by atoms with E-state index in [0.29, 0.717) is 0 Å². The third kappa shape index (κ3) is 8.43. The minimum absolute atomic E-state index is 0.154. The lowest BCUT2D eigenvalue weighted by Gasteiger charge is -2.48. The molecule has 0 fully saturated rings. The van der Waals surface area contributed by atoms with Crippen LogP contribution >= 0.6 is 0 Å². The Morgan fingerprint density at radius 2 is 0.544 bits per heavy atom. The highest BCUT2D eigenvalue weighted by molar-refractivity contribution is 7.03. The van der Waals surface area contributed by atoms with E-state index in [9.17, 15) is 0 Å². The second-order valence-electron chi connectivity index (χ2n) is 23.7. The van der Waals surface area contributed by atoms with Crippen LogP contribution in [0.2, 0.25) is 0 Å². The van der Waals surface area contributed by atoms with E-state index in [2.05, 4.69) is 359 Å². The number of para-hydroxylation sites is 10. The van der Waals surface area contributed by atoms with E-state index >= 15 is 0 Å². The zero-order chi connectivity index (χ0) is 59.8. The van der Waals surface area contributed by atoms with Crippen molar-refractivity contribution in [2.45, 2.75) is 26.7 Å². The number of benzene rings is 13. The molecule has 0 saturated carbocycles. The van der Waals surface area contributed by atoms with Gasteiger partial charge in [0.15, 0.2) is 0 Å². The van der Waals surface area contributed by atoms with Gasteiger partial charge in [-0.3, -0.25) is 0 Å². The zero-order valence-corrected chi connectivity index (χ0v) is 50.3. The molecule has 0 atom stereocenters. The van der Waals surface area contributed by atoms with Crippen molar-refractivity contribution in [3.8, 4) is 0 Å². The van der Waals surface area contributed by atoms with E-state index in [1.165, 1.54) is 66.7 Å². The average molecular weight is 1150 g/mol. The molecule has 0 spiro atoms. The number of anilines is 18. The van der Waals surface area contributed by atoms with Crippen LogP contribution in [0, 0.1) is 0 Å². The first-order chi connectivity index (χ1) is 44.6. The van der Waals surface area contributed by atoms with Crippen molar-refractivity contribution in [1.82, 2.24) is 0 Å². The summed E-state index contributed by atoms with van der Waals surface area (Å²) in [5.74, 6) is 0. The van der Waals surface area contributed by atoms with Crippen molar-refractivity contribution in [2.75, 3.05) is 29.4 Å². The first-order valence-electron chi connectivity index (χ1n) is 31.6. The lowest BCUT2D eigenvalue weighted by Crippen LogP contribution is -2.65. The second-order valence-corrected chi connectivity index (χ2v) is 23.7. The van der Waals surface area contributed by atoms with Gasteiger partial charge in [0.05, 0.1) is 17.1 Å². The van der Waals surface area contributed by atoms with Crippen molar-refractivity contribution in [3.05, 3.63) is 327 Å². The third-order valence-electron chi connectivity index (χ3n) is 18.8. The molecule has 0 N–H and O–H groups in total. The molecular weight excluding hydrogens is 1090 g/mol. The van der Waals surface area contributed by atoms with Gasteiger partial charge in [0.1, 0.15) is 0 Å². The normalized spacial score (nSPS) is 13.0. The van der Waals surface area contributed by atoms with E-state index in [1.807, 2.05) is 0 Å². The van der Waals surface area contributed by atoms with Gasteiger partial charge in [-0.15, -0.1) is 0 Å². The largest absolute Gasteiger partial charge is 0.311 e. The first kappa shape index (κ1) is 53.1. The maximum absolute atomic E-state index is 2.70. The minimum atomic E-state index is -0.157. The van der Waals surface area contributed by atoms with Crippen LogP contribution in [-0.4, -0.2) is 13.4 Å². The predicted molar refractivity (Wildman–Crippen MR) is 383 cm³/mol. The van der Waals surface area contributed by atoms with Gasteiger partial charge in [0, 0.05) is 85.3 Å². The number of hydrogen-bond acceptors (Lipinski definition) is 6. The van der Waals surface area contributed by atoms with Gasteiger partial charge in [-0.25, -0.2) is 0 Å². The van der Waals surface area contributed by atoms with Crippen LogP contribution < -0.4 is 62.2 Å². The molecule has 0 aliphatic carbocycles. The molecule has 4 heterocycles. The van der Waals surface area contributed by atoms with Gasteiger partial charge in [-0.1, -0.05) is 202 Å². The summed E-state index contributed by atoms with van der Waals surface area (Å²) in [5, 5.41) is 0. The fourth-order valence-corrected chi connectivity index (χ4v) is 15.1. The Morgan fingerprint density at radius 1 is 0.244 bits per heavy atom. The molecule has 6 nitrogen and oxygen atoms in total. The van der Waals surface area contributed by atoms with E-state index < -0.39 is 0 Å². The van der Waals surface area contributed by atoms with Crippen molar-refractivity contribution < 1.29 is 0 Å². The molecule has 8 heteroatoms. The molecule has 13 aromatic carbocycles. The SMILES string of the molecule is CCc1cccc(CC)c1N1c2cc3c(cc2B2c4ccccc4N(c4ccccc4)c4cc(N(c5ccccc5)c5ccccc5)cc1c42)B1c2ccccc2N(c2ccccc2)c2cc(N(c4ccccc4)c4ccccc4)cc(c21)N3c1ccccc1. The van der Waals surface area contributed by atoms with Crippen molar-refractivity contribution >= 4 is 149 Å². The van der Waals surface area contributed by atoms with E-state index in [1.54, 1.807) is 0 Å². The van der Waals surface area contributed by atoms with Crippen LogP contribution in [0.5, 0.6) is 0 Å². The monoisotopic (exact) mass is 1150 g/mol. The molecule has 426 valence electrons. The fourth-order valence-electron chi connectivity index (χ4n) is 15.1. The van der Waals surface area contributed by atoms with Crippen LogP contribution in [0.15, 0.2) is 315 Å². The first-order valence-corrected chi connectivity index (χ1v) is 31.6. The van der Waals surface area contributed by atoms with Gasteiger partial charge >= 0.3 is 0 Å². The highest BCUT2D eigenvalue weighted by Gasteiger charge is 2.49. The molecule has 0 saturated heterocycles. The summed E-state index contributed by atoms with van der Waals surface area (Å²) in [7, 11) is 0. The molecule has 4 aliphatic heterocycles. The second kappa shape index (κ2) is 21.9. The van der Waals surface area contributed by atoms with Crippen LogP contribution in [-0.2, 0) is 12.8 Å². The third-order valence-corrected chi connectivity index (χ3v) is 18.8. The Hall–Kier alpha value is -11.2. The Morgan fingerprint density at radius 3 is 0.900 bits per heavy atom. The molecule has 17 rings (SSSR count). The summed E-state index contributed by atoms with van der Waals surface area (Å²) >= 11 is 0. The molecule has 0 aromatic heterocycles. The molecular formula is C82H62B2N6. The summed E-state index contributed by atoms with van der Waals surface area (Å²) in [4.78, 5) is 15.2. The Labute approximate surface area is 528 Å². The van der Waals surface area contributed by atoms with Gasteiger partial charge in [-0.2, -0.15) is 0 Å². The summed E-state index contributed by atoms with van der Waals surface area (Å²) < 4.78 is 0. The maximum Gasteiger partial charge on any atom is 0.252 e. The smallest absolute Gasteiger partial charge is 0.252 e. The standard InChI is InChI=1S/C82H62B2N6/c1-3-57-31-30-32-58(4-2)82(57)90-75-56-74-70(55-71(75)84-69-48-27-29-50-73(69)88(64-43-22-10-23-44-64)77-52-67(54-79(90)81(77)84)86(61-37-16-7-17-38-61)62-39-18-8-19-40-62)83-68-47-26-28-49-72(68)87(63-41-20-9-21-42-63)76-51-66(53-78(80(76)83)89(74)65-45-24-11-25-46-65)85(59-33-12-5-13-34-59)60-35-14-6-15-36-60/h5-56H,3-4H2,1-2H3. The van der Waals surface area contributed by atoms with Crippen LogP contribution in [0.3, 0.4) is 0 Å². The maximum atomic E-state index is 2.70. The van der Waals surface area contributed by atoms with Crippen LogP contribution in [0.25, 0.3) is 0 Å². The minimum Gasteiger partial charge on any atom is -0.311 e. The number of fused-ring (bicyclic) bond motifs is 8. The predicted octanol–water partition coefficient (Wildman–Crippen LogP) is 17.9. The van der Waals surface area contributed by atoms with Crippen molar-refractivity contribution in [3.63, 3.8) is 0 Å². The molecule has 0 radical (unpaired) electrons. The Bertz CT molecular complexity index is 4740. The number of aryl methyl sites for hydroxylation is 2. The highest BCUT2D eigenvalue weighted by Crippen LogP contribution is 2.53. The van der Waals surface area contributed by atoms with Crippen LogP contribution in [0.1, 0.15) is 25.0 Å². The Kier molecular flexibility index (Phi) is 12.9. The van der Waals surface area contributed by atoms with Crippen molar-refractivity contribution in [1.29, 1.82) is 0 Å². The average Bonchev–Trinajstić information content (AvgIpc) is 0.707. The van der Waals surface area contributed by atoms with Gasteiger partial charge in [0.2, 0.25) is 0 Å². The van der Waals surface area contributed by atoms with Crippen LogP contribution in [0.4, 0.5) is 102 Å². The molecule has 0 bridgehead atoms. The van der Waals surface area contributed by atoms with E-state index in [4.69, 9.17) is 0 Å². The summed E-state index contributed by atoms with van der Waals surface area (Å²) in [6.07, 6.45) is 1.71. The molecule has 90 heavy (non-hydrogen) atoms. The molecule has 0 amide bonds. The topological polar surface area (TPSA) is 19.4 Å². The van der Waals surface area contributed by atoms with E-state index in [0.717, 1.165) is 92.5 Å². The number of rotatable bonds is 12. The van der Waals surface area contributed by atoms with Gasteiger partial charge in [-0.05, 0) is 184 Å². The highest BCUT2D eigenvalue weighted by atomic mass is 15.2. The van der Waals surface area contributed by atoms with E-state index in [-0.39, 0.29) is 13.4 Å². The fraction of sp³-hybridized carbons (Fsp3) is 0.0488. The number of nitrogens with zero attached hydrogens (tertiary/aromatic N) is 6. The summed E-state index contributed by atoms with van der Waals surface area (Å²) in [5.41, 5.74) is 30.5. The van der Waals surface area contributed by atoms with Crippen molar-refractivity contribution in [2.24, 2.45) is 0 Å².